The third kappa shape index (κ3) is 2.31. The lowest BCUT2D eigenvalue weighted by atomic mass is 9.84. The molecule has 2 atom stereocenters. The minimum absolute atomic E-state index is 0.885. The molecule has 0 aromatic heterocycles. The fraction of sp³-hybridized carbons (Fsp3) is 1.00. The van der Waals surface area contributed by atoms with Gasteiger partial charge >= 0.3 is 0 Å². The second-order valence-electron chi connectivity index (χ2n) is 4.73. The number of rotatable bonds is 2. The molecule has 3 heteroatoms. The zero-order valence-electron chi connectivity index (χ0n) is 9.08. The van der Waals surface area contributed by atoms with Gasteiger partial charge in [-0.15, -0.1) is 0 Å². The lowest BCUT2D eigenvalue weighted by Gasteiger charge is -2.45. The summed E-state index contributed by atoms with van der Waals surface area (Å²) < 4.78 is 0. The van der Waals surface area contributed by atoms with E-state index in [0.717, 1.165) is 17.3 Å². The summed E-state index contributed by atoms with van der Waals surface area (Å²) in [5.41, 5.74) is 0. The van der Waals surface area contributed by atoms with Crippen molar-refractivity contribution < 1.29 is 0 Å². The van der Waals surface area contributed by atoms with Gasteiger partial charge in [0, 0.05) is 24.5 Å². The van der Waals surface area contributed by atoms with Crippen LogP contribution in [0.4, 0.5) is 0 Å². The van der Waals surface area contributed by atoms with Crippen molar-refractivity contribution in [2.45, 2.75) is 25.3 Å². The number of halogens is 1. The molecular weight excluding hydrogens is 240 g/mol. The van der Waals surface area contributed by atoms with E-state index in [1.165, 1.54) is 45.4 Å². The fourth-order valence-corrected chi connectivity index (χ4v) is 3.55. The van der Waals surface area contributed by atoms with E-state index in [1.807, 2.05) is 0 Å². The molecule has 0 saturated carbocycles. The number of likely N-dealkylation sites (tertiary alicyclic amines) is 2. The number of alkyl halides is 1. The first-order chi connectivity index (χ1) is 6.81. The molecule has 2 saturated heterocycles. The molecule has 0 spiro atoms. The molecule has 2 fully saturated rings. The third-order valence-corrected chi connectivity index (χ3v) is 4.19. The number of fused-ring (bicyclic) bond motifs is 1. The van der Waals surface area contributed by atoms with Gasteiger partial charge in [-0.1, -0.05) is 15.9 Å². The quantitative estimate of drug-likeness (QED) is 0.699. The second-order valence-corrected chi connectivity index (χ2v) is 5.52. The van der Waals surface area contributed by atoms with Crippen LogP contribution in [-0.4, -0.2) is 54.4 Å². The molecule has 82 valence electrons. The first-order valence-electron chi connectivity index (χ1n) is 5.80. The van der Waals surface area contributed by atoms with Gasteiger partial charge in [0.25, 0.3) is 0 Å². The Labute approximate surface area is 95.8 Å². The lowest BCUT2D eigenvalue weighted by Crippen LogP contribution is -2.52. The molecule has 2 heterocycles. The van der Waals surface area contributed by atoms with Gasteiger partial charge in [-0.3, -0.25) is 0 Å². The molecule has 14 heavy (non-hydrogen) atoms. The van der Waals surface area contributed by atoms with Crippen LogP contribution in [0.5, 0.6) is 0 Å². The Kier molecular flexibility index (Phi) is 3.86. The first-order valence-corrected chi connectivity index (χ1v) is 6.92. The van der Waals surface area contributed by atoms with Crippen LogP contribution in [0.25, 0.3) is 0 Å². The normalized spacial score (nSPS) is 35.6. The summed E-state index contributed by atoms with van der Waals surface area (Å²) in [6, 6.07) is 0.885. The Bertz CT molecular complexity index is 186. The minimum Gasteiger partial charge on any atom is -0.303 e. The predicted molar refractivity (Wildman–Crippen MR) is 64.0 cm³/mol. The van der Waals surface area contributed by atoms with Gasteiger partial charge in [-0.05, 0) is 45.3 Å². The highest BCUT2D eigenvalue weighted by Gasteiger charge is 2.33. The van der Waals surface area contributed by atoms with Gasteiger partial charge in [0.05, 0.1) is 0 Å². The van der Waals surface area contributed by atoms with Crippen molar-refractivity contribution in [3.63, 3.8) is 0 Å². The van der Waals surface area contributed by atoms with Crippen molar-refractivity contribution in [2.75, 3.05) is 38.6 Å². The summed E-state index contributed by atoms with van der Waals surface area (Å²) in [7, 11) is 2.30. The van der Waals surface area contributed by atoms with Gasteiger partial charge < -0.3 is 9.80 Å². The van der Waals surface area contributed by atoms with Crippen molar-refractivity contribution in [3.8, 4) is 0 Å². The zero-order valence-corrected chi connectivity index (χ0v) is 10.7. The molecule has 0 aliphatic carbocycles. The molecule has 0 bridgehead atoms. The average molecular weight is 261 g/mol. The summed E-state index contributed by atoms with van der Waals surface area (Å²) in [6.45, 7) is 5.18. The van der Waals surface area contributed by atoms with Crippen molar-refractivity contribution in [2.24, 2.45) is 5.92 Å². The van der Waals surface area contributed by atoms with Crippen LogP contribution in [0, 0.1) is 5.92 Å². The van der Waals surface area contributed by atoms with E-state index in [-0.39, 0.29) is 0 Å². The summed E-state index contributed by atoms with van der Waals surface area (Å²) in [5, 5.41) is 1.13. The van der Waals surface area contributed by atoms with Crippen LogP contribution in [0.15, 0.2) is 0 Å². The number of nitrogens with zero attached hydrogens (tertiary/aromatic N) is 2. The van der Waals surface area contributed by atoms with E-state index in [2.05, 4.69) is 32.8 Å². The number of piperidine rings is 2. The molecule has 2 nitrogen and oxygen atoms in total. The second kappa shape index (κ2) is 4.95. The maximum absolute atomic E-state index is 3.53. The molecule has 0 amide bonds. The van der Waals surface area contributed by atoms with E-state index in [9.17, 15) is 0 Å². The van der Waals surface area contributed by atoms with Crippen molar-refractivity contribution in [3.05, 3.63) is 0 Å². The van der Waals surface area contributed by atoms with Crippen LogP contribution >= 0.6 is 15.9 Å². The van der Waals surface area contributed by atoms with E-state index in [4.69, 9.17) is 0 Å². The largest absolute Gasteiger partial charge is 0.303 e. The molecule has 2 unspecified atom stereocenters. The number of hydrogen-bond donors (Lipinski definition) is 0. The van der Waals surface area contributed by atoms with Crippen LogP contribution in [-0.2, 0) is 0 Å². The first kappa shape index (κ1) is 10.9. The highest BCUT2D eigenvalue weighted by molar-refractivity contribution is 9.09. The Morgan fingerprint density at radius 3 is 2.93 bits per heavy atom. The van der Waals surface area contributed by atoms with E-state index >= 15 is 0 Å². The van der Waals surface area contributed by atoms with E-state index < -0.39 is 0 Å². The van der Waals surface area contributed by atoms with Gasteiger partial charge in [-0.25, -0.2) is 0 Å². The molecular formula is C11H21BrN2. The summed E-state index contributed by atoms with van der Waals surface area (Å²) in [4.78, 5) is 5.20. The van der Waals surface area contributed by atoms with E-state index in [0.29, 0.717) is 0 Å². The van der Waals surface area contributed by atoms with Crippen molar-refractivity contribution in [1.82, 2.24) is 9.80 Å². The zero-order chi connectivity index (χ0) is 9.97. The Morgan fingerprint density at radius 2 is 2.14 bits per heavy atom. The summed E-state index contributed by atoms with van der Waals surface area (Å²) in [6.07, 6.45) is 4.24. The molecule has 2 aliphatic heterocycles. The van der Waals surface area contributed by atoms with Gasteiger partial charge in [0.2, 0.25) is 0 Å². The Balaban J connectivity index is 1.89. The maximum Gasteiger partial charge on any atom is 0.0159 e. The third-order valence-electron chi connectivity index (χ3n) is 3.83. The number of hydrogen-bond acceptors (Lipinski definition) is 2. The van der Waals surface area contributed by atoms with Crippen LogP contribution < -0.4 is 0 Å². The molecule has 0 radical (unpaired) electrons. The Morgan fingerprint density at radius 1 is 1.29 bits per heavy atom. The van der Waals surface area contributed by atoms with Gasteiger partial charge in [0.1, 0.15) is 0 Å². The van der Waals surface area contributed by atoms with Crippen molar-refractivity contribution in [1.29, 1.82) is 0 Å². The van der Waals surface area contributed by atoms with Crippen LogP contribution in [0.1, 0.15) is 19.3 Å². The average Bonchev–Trinajstić information content (AvgIpc) is 2.18. The molecule has 2 rings (SSSR count). The van der Waals surface area contributed by atoms with Crippen molar-refractivity contribution >= 4 is 15.9 Å². The highest BCUT2D eigenvalue weighted by Crippen LogP contribution is 2.29. The van der Waals surface area contributed by atoms with E-state index in [1.54, 1.807) is 0 Å². The Hall–Kier alpha value is 0.400. The van der Waals surface area contributed by atoms with Crippen LogP contribution in [0.3, 0.4) is 0 Å². The maximum atomic E-state index is 3.53. The highest BCUT2D eigenvalue weighted by atomic mass is 79.9. The lowest BCUT2D eigenvalue weighted by molar-refractivity contribution is 0.0414. The molecule has 0 aromatic rings. The smallest absolute Gasteiger partial charge is 0.0159 e. The van der Waals surface area contributed by atoms with Crippen LogP contribution in [0.2, 0.25) is 0 Å². The topological polar surface area (TPSA) is 6.48 Å². The SMILES string of the molecule is CN1CCCC2CN(CCBr)CCC21. The molecule has 2 aliphatic rings. The van der Waals surface area contributed by atoms with Gasteiger partial charge in [-0.2, -0.15) is 0 Å². The standard InChI is InChI=1S/C11H21BrN2/c1-13-6-2-3-10-9-14(8-5-12)7-4-11(10)13/h10-11H,2-9H2,1H3. The summed E-state index contributed by atoms with van der Waals surface area (Å²) in [5.74, 6) is 0.946. The predicted octanol–water partition coefficient (Wildman–Crippen LogP) is 1.80. The molecule has 0 aromatic carbocycles. The fourth-order valence-electron chi connectivity index (χ4n) is 3.05. The van der Waals surface area contributed by atoms with Gasteiger partial charge in [0.15, 0.2) is 0 Å². The minimum atomic E-state index is 0.885. The monoisotopic (exact) mass is 260 g/mol. The summed E-state index contributed by atoms with van der Waals surface area (Å²) >= 11 is 3.53. The molecule has 0 N–H and O–H groups in total.